The molecule has 0 spiro atoms. The highest BCUT2D eigenvalue weighted by Gasteiger charge is 2.20. The van der Waals surface area contributed by atoms with Crippen molar-refractivity contribution in [3.63, 3.8) is 0 Å². The Bertz CT molecular complexity index is 457. The zero-order valence-corrected chi connectivity index (χ0v) is 14.4. The van der Waals surface area contributed by atoms with Crippen LogP contribution >= 0.6 is 15.9 Å². The summed E-state index contributed by atoms with van der Waals surface area (Å²) in [6, 6.07) is 7.58. The number of ether oxygens (including phenoxy) is 1. The molecule has 116 valence electrons. The first kappa shape index (κ1) is 15.4. The van der Waals surface area contributed by atoms with Gasteiger partial charge >= 0.3 is 0 Å². The van der Waals surface area contributed by atoms with Crippen LogP contribution in [0.4, 0.5) is 0 Å². The van der Waals surface area contributed by atoms with Gasteiger partial charge in [0.2, 0.25) is 0 Å². The van der Waals surface area contributed by atoms with E-state index in [0.29, 0.717) is 0 Å². The van der Waals surface area contributed by atoms with Gasteiger partial charge in [-0.25, -0.2) is 0 Å². The van der Waals surface area contributed by atoms with E-state index in [1.54, 1.807) is 0 Å². The molecule has 0 unspecified atom stereocenters. The van der Waals surface area contributed by atoms with Gasteiger partial charge in [-0.05, 0) is 36.5 Å². The molecule has 1 saturated carbocycles. The number of benzene rings is 1. The highest BCUT2D eigenvalue weighted by molar-refractivity contribution is 9.09. The first-order chi connectivity index (χ1) is 10.4. The van der Waals surface area contributed by atoms with Crippen molar-refractivity contribution < 1.29 is 4.74 Å². The topological polar surface area (TPSA) is 12.5 Å². The van der Waals surface area contributed by atoms with Crippen LogP contribution in [0.5, 0.6) is 5.75 Å². The van der Waals surface area contributed by atoms with Crippen LogP contribution in [0.1, 0.15) is 43.2 Å². The quantitative estimate of drug-likeness (QED) is 0.712. The van der Waals surface area contributed by atoms with E-state index in [1.165, 1.54) is 56.3 Å². The second kappa shape index (κ2) is 7.64. The predicted octanol–water partition coefficient (Wildman–Crippen LogP) is 4.19. The third-order valence-corrected chi connectivity index (χ3v) is 5.26. The Morgan fingerprint density at radius 2 is 2.00 bits per heavy atom. The van der Waals surface area contributed by atoms with Gasteiger partial charge in [0.15, 0.2) is 0 Å². The molecule has 2 aliphatic rings. The molecule has 0 aromatic heterocycles. The molecule has 0 radical (unpaired) electrons. The minimum atomic E-state index is 0.814. The van der Waals surface area contributed by atoms with Crippen LogP contribution in [0.25, 0.3) is 0 Å². The zero-order chi connectivity index (χ0) is 14.5. The van der Waals surface area contributed by atoms with E-state index in [1.807, 2.05) is 0 Å². The third-order valence-electron chi connectivity index (χ3n) is 4.90. The van der Waals surface area contributed by atoms with Crippen LogP contribution < -0.4 is 4.74 Å². The molecule has 1 aromatic rings. The summed E-state index contributed by atoms with van der Waals surface area (Å²) in [5.41, 5.74) is 2.87. The molecule has 0 amide bonds. The van der Waals surface area contributed by atoms with Crippen LogP contribution in [0.15, 0.2) is 18.2 Å². The highest BCUT2D eigenvalue weighted by Crippen LogP contribution is 2.27. The summed E-state index contributed by atoms with van der Waals surface area (Å²) in [4.78, 5) is 2.71. The molecular formula is C18H26BrNO. The first-order valence-electron chi connectivity index (χ1n) is 8.41. The molecule has 1 heterocycles. The number of hydrogen-bond donors (Lipinski definition) is 0. The SMILES string of the molecule is BrCCN(CCc1ccc2c(c1)CCO2)C1CCCCC1. The fourth-order valence-electron chi connectivity index (χ4n) is 3.70. The molecule has 2 nitrogen and oxygen atoms in total. The van der Waals surface area contributed by atoms with Crippen LogP contribution in [0.3, 0.4) is 0 Å². The summed E-state index contributed by atoms with van der Waals surface area (Å²) in [5, 5.41) is 1.08. The smallest absolute Gasteiger partial charge is 0.122 e. The molecule has 1 aliphatic carbocycles. The lowest BCUT2D eigenvalue weighted by Gasteiger charge is -2.34. The van der Waals surface area contributed by atoms with Crippen LogP contribution in [-0.4, -0.2) is 36.0 Å². The lowest BCUT2D eigenvalue weighted by molar-refractivity contribution is 0.167. The van der Waals surface area contributed by atoms with Crippen LogP contribution in [0, 0.1) is 0 Å². The van der Waals surface area contributed by atoms with E-state index < -0.39 is 0 Å². The Balaban J connectivity index is 1.58. The molecule has 0 N–H and O–H groups in total. The number of nitrogens with zero attached hydrogens (tertiary/aromatic N) is 1. The standard InChI is InChI=1S/C18H26BrNO/c19-10-12-20(17-4-2-1-3-5-17)11-8-15-6-7-18-16(14-15)9-13-21-18/h6-7,14,17H,1-5,8-13H2. The van der Waals surface area contributed by atoms with Crippen molar-refractivity contribution >= 4 is 15.9 Å². The molecule has 1 fully saturated rings. The van der Waals surface area contributed by atoms with E-state index in [4.69, 9.17) is 4.74 Å². The van der Waals surface area contributed by atoms with Gasteiger partial charge in [0.1, 0.15) is 5.75 Å². The molecule has 1 aliphatic heterocycles. The van der Waals surface area contributed by atoms with E-state index in [-0.39, 0.29) is 0 Å². The van der Waals surface area contributed by atoms with E-state index in [2.05, 4.69) is 39.0 Å². The second-order valence-electron chi connectivity index (χ2n) is 6.31. The molecule has 3 heteroatoms. The number of fused-ring (bicyclic) bond motifs is 1. The van der Waals surface area contributed by atoms with E-state index >= 15 is 0 Å². The number of alkyl halides is 1. The van der Waals surface area contributed by atoms with Gasteiger partial charge in [-0.1, -0.05) is 47.3 Å². The second-order valence-corrected chi connectivity index (χ2v) is 7.10. The van der Waals surface area contributed by atoms with Gasteiger partial charge in [0, 0.05) is 30.9 Å². The molecule has 1 aromatic carbocycles. The van der Waals surface area contributed by atoms with Gasteiger partial charge in [-0.3, -0.25) is 4.90 Å². The number of hydrogen-bond acceptors (Lipinski definition) is 2. The average molecular weight is 352 g/mol. The van der Waals surface area contributed by atoms with Crippen LogP contribution in [0.2, 0.25) is 0 Å². The predicted molar refractivity (Wildman–Crippen MR) is 91.6 cm³/mol. The van der Waals surface area contributed by atoms with Crippen LogP contribution in [-0.2, 0) is 12.8 Å². The summed E-state index contributed by atoms with van der Waals surface area (Å²) in [6.45, 7) is 3.23. The summed E-state index contributed by atoms with van der Waals surface area (Å²) in [7, 11) is 0. The van der Waals surface area contributed by atoms with Crippen molar-refractivity contribution in [1.82, 2.24) is 4.90 Å². The number of rotatable bonds is 6. The van der Waals surface area contributed by atoms with Crippen molar-refractivity contribution in [2.45, 2.75) is 51.0 Å². The normalized spacial score (nSPS) is 18.8. The lowest BCUT2D eigenvalue weighted by atomic mass is 9.94. The van der Waals surface area contributed by atoms with Crippen molar-refractivity contribution in [2.24, 2.45) is 0 Å². The minimum absolute atomic E-state index is 0.814. The Labute approximate surface area is 137 Å². The van der Waals surface area contributed by atoms with E-state index in [9.17, 15) is 0 Å². The maximum atomic E-state index is 5.60. The van der Waals surface area contributed by atoms with Gasteiger partial charge in [0.05, 0.1) is 6.61 Å². The molecule has 0 saturated heterocycles. The minimum Gasteiger partial charge on any atom is -0.493 e. The van der Waals surface area contributed by atoms with Crippen molar-refractivity contribution in [3.8, 4) is 5.75 Å². The van der Waals surface area contributed by atoms with Crippen molar-refractivity contribution in [2.75, 3.05) is 25.0 Å². The maximum absolute atomic E-state index is 5.60. The Kier molecular flexibility index (Phi) is 5.59. The highest BCUT2D eigenvalue weighted by atomic mass is 79.9. The van der Waals surface area contributed by atoms with Crippen molar-refractivity contribution in [1.29, 1.82) is 0 Å². The monoisotopic (exact) mass is 351 g/mol. The van der Waals surface area contributed by atoms with Gasteiger partial charge in [-0.2, -0.15) is 0 Å². The van der Waals surface area contributed by atoms with E-state index in [0.717, 1.165) is 36.6 Å². The maximum Gasteiger partial charge on any atom is 0.122 e. The zero-order valence-electron chi connectivity index (χ0n) is 12.8. The van der Waals surface area contributed by atoms with Gasteiger partial charge in [0.25, 0.3) is 0 Å². The molecule has 0 atom stereocenters. The molecule has 0 bridgehead atoms. The largest absolute Gasteiger partial charge is 0.493 e. The summed E-state index contributed by atoms with van der Waals surface area (Å²) in [6.07, 6.45) is 9.30. The summed E-state index contributed by atoms with van der Waals surface area (Å²) in [5.74, 6) is 1.10. The first-order valence-corrected chi connectivity index (χ1v) is 9.53. The fourth-order valence-corrected chi connectivity index (χ4v) is 4.16. The fraction of sp³-hybridized carbons (Fsp3) is 0.667. The lowest BCUT2D eigenvalue weighted by Crippen LogP contribution is -2.39. The van der Waals surface area contributed by atoms with Gasteiger partial charge < -0.3 is 4.74 Å². The Morgan fingerprint density at radius 3 is 2.81 bits per heavy atom. The molecular weight excluding hydrogens is 326 g/mol. The molecule has 21 heavy (non-hydrogen) atoms. The Morgan fingerprint density at radius 1 is 1.14 bits per heavy atom. The third kappa shape index (κ3) is 4.01. The average Bonchev–Trinajstić information content (AvgIpc) is 3.00. The summed E-state index contributed by atoms with van der Waals surface area (Å²) >= 11 is 3.63. The van der Waals surface area contributed by atoms with Gasteiger partial charge in [-0.15, -0.1) is 0 Å². The summed E-state index contributed by atoms with van der Waals surface area (Å²) < 4.78 is 5.60. The Hall–Kier alpha value is -0.540. The molecule has 3 rings (SSSR count). The van der Waals surface area contributed by atoms with Crippen molar-refractivity contribution in [3.05, 3.63) is 29.3 Å². The number of halogens is 1.